The first-order valence-corrected chi connectivity index (χ1v) is 10.2. The number of aromatic amines is 1. The van der Waals surface area contributed by atoms with Gasteiger partial charge in [-0.2, -0.15) is 5.10 Å². The maximum Gasteiger partial charge on any atom is 0.272 e. The number of hydrogen-bond acceptors (Lipinski definition) is 3. The quantitative estimate of drug-likeness (QED) is 0.679. The van der Waals surface area contributed by atoms with E-state index in [1.165, 1.54) is 11.6 Å². The van der Waals surface area contributed by atoms with E-state index in [9.17, 15) is 14.0 Å². The number of nitrogens with one attached hydrogen (secondary N) is 1. The fourth-order valence-electron chi connectivity index (χ4n) is 4.91. The minimum atomic E-state index is -0.510. The number of carbonyl (C=O) groups is 1. The van der Waals surface area contributed by atoms with E-state index in [0.29, 0.717) is 42.4 Å². The molecule has 6 heteroatoms. The van der Waals surface area contributed by atoms with Gasteiger partial charge in [-0.05, 0) is 48.4 Å². The number of nitrogens with zero attached hydrogens (tertiary/aromatic N) is 2. The maximum atomic E-state index is 14.5. The van der Waals surface area contributed by atoms with Gasteiger partial charge in [0.1, 0.15) is 5.82 Å². The van der Waals surface area contributed by atoms with Crippen LogP contribution in [0.1, 0.15) is 34.5 Å². The predicted molar refractivity (Wildman–Crippen MR) is 113 cm³/mol. The number of halogens is 1. The number of carbonyl (C=O) groups excluding carboxylic acids is 1. The van der Waals surface area contributed by atoms with Crippen molar-refractivity contribution in [3.8, 4) is 0 Å². The van der Waals surface area contributed by atoms with Crippen LogP contribution in [0.4, 0.5) is 4.39 Å². The average molecular weight is 403 g/mol. The van der Waals surface area contributed by atoms with Gasteiger partial charge >= 0.3 is 0 Å². The van der Waals surface area contributed by atoms with Gasteiger partial charge in [0.2, 0.25) is 0 Å². The average Bonchev–Trinajstić information content (AvgIpc) is 3.28. The number of benzene rings is 2. The number of aromatic nitrogens is 2. The molecule has 1 N–H and O–H groups in total. The van der Waals surface area contributed by atoms with E-state index >= 15 is 0 Å². The molecule has 5 nitrogen and oxygen atoms in total. The molecule has 0 spiro atoms. The Kier molecular flexibility index (Phi) is 4.50. The first-order valence-electron chi connectivity index (χ1n) is 10.2. The third-order valence-corrected chi connectivity index (χ3v) is 6.37. The van der Waals surface area contributed by atoms with Crippen molar-refractivity contribution in [2.75, 3.05) is 13.1 Å². The minimum Gasteiger partial charge on any atom is -0.338 e. The Hall–Kier alpha value is -3.28. The van der Waals surface area contributed by atoms with E-state index in [1.807, 2.05) is 12.1 Å². The van der Waals surface area contributed by atoms with E-state index in [0.717, 1.165) is 23.8 Å². The predicted octanol–water partition coefficient (Wildman–Crippen LogP) is 3.69. The van der Waals surface area contributed by atoms with Gasteiger partial charge in [0.05, 0.1) is 16.6 Å². The molecule has 3 aromatic rings. The Morgan fingerprint density at radius 1 is 1.13 bits per heavy atom. The lowest BCUT2D eigenvalue weighted by atomic mass is 10.0. The van der Waals surface area contributed by atoms with Crippen molar-refractivity contribution in [1.82, 2.24) is 15.1 Å². The molecule has 2 aromatic carbocycles. The van der Waals surface area contributed by atoms with Crippen molar-refractivity contribution < 1.29 is 9.18 Å². The van der Waals surface area contributed by atoms with Crippen LogP contribution in [-0.4, -0.2) is 34.1 Å². The van der Waals surface area contributed by atoms with Crippen LogP contribution in [0.15, 0.2) is 59.4 Å². The number of amides is 1. The summed E-state index contributed by atoms with van der Waals surface area (Å²) in [6.45, 7) is 5.40. The van der Waals surface area contributed by atoms with Gasteiger partial charge in [-0.25, -0.2) is 9.49 Å². The van der Waals surface area contributed by atoms with E-state index in [1.54, 1.807) is 29.2 Å². The summed E-state index contributed by atoms with van der Waals surface area (Å²) in [5, 5.41) is 8.02. The van der Waals surface area contributed by atoms with E-state index in [2.05, 4.69) is 16.8 Å². The highest BCUT2D eigenvalue weighted by Crippen LogP contribution is 2.40. The van der Waals surface area contributed by atoms with Gasteiger partial charge in [0, 0.05) is 24.9 Å². The molecule has 2 aliphatic rings. The monoisotopic (exact) mass is 403 g/mol. The van der Waals surface area contributed by atoms with Crippen molar-refractivity contribution in [1.29, 1.82) is 0 Å². The second-order valence-electron chi connectivity index (χ2n) is 8.42. The zero-order valence-corrected chi connectivity index (χ0v) is 16.5. The molecule has 152 valence electrons. The topological polar surface area (TPSA) is 66.1 Å². The molecule has 2 heterocycles. The molecule has 1 saturated carbocycles. The molecule has 5 rings (SSSR count). The molecule has 1 aromatic heterocycles. The molecular formula is C24H22FN3O2. The number of likely N-dealkylation sites (tertiary alicyclic amines) is 1. The fraction of sp³-hybridized carbons (Fsp3) is 0.292. The van der Waals surface area contributed by atoms with Crippen LogP contribution in [0.5, 0.6) is 0 Å². The first kappa shape index (κ1) is 18.7. The highest BCUT2D eigenvalue weighted by atomic mass is 19.1. The standard InChI is InChI=1S/C24H22FN3O2/c1-14-8-16-12-28(13-17(16)9-14)24(30)20-10-15(6-7-21(20)25)11-22-18-4-2-3-5-19(18)23(29)27-26-22/h2-7,10,16-17H,1,8-9,11-13H2,(H,27,29)/t16-,17+. The summed E-state index contributed by atoms with van der Waals surface area (Å²) < 4.78 is 14.5. The summed E-state index contributed by atoms with van der Waals surface area (Å²) in [5.41, 5.74) is 2.57. The zero-order chi connectivity index (χ0) is 20.8. The second kappa shape index (κ2) is 7.20. The molecule has 30 heavy (non-hydrogen) atoms. The number of allylic oxidation sites excluding steroid dienone is 1. The SMILES string of the molecule is C=C1C[C@@H]2CN(C(=O)c3cc(Cc4n[nH]c(=O)c5ccccc45)ccc3F)C[C@@H]2C1. The van der Waals surface area contributed by atoms with Crippen molar-refractivity contribution >= 4 is 16.7 Å². The molecule has 1 saturated heterocycles. The maximum absolute atomic E-state index is 14.5. The lowest BCUT2D eigenvalue weighted by Gasteiger charge is -2.18. The first-order chi connectivity index (χ1) is 14.5. The van der Waals surface area contributed by atoms with Crippen molar-refractivity contribution in [3.05, 3.63) is 87.6 Å². The minimum absolute atomic E-state index is 0.0973. The number of H-pyrrole nitrogens is 1. The van der Waals surface area contributed by atoms with E-state index in [-0.39, 0.29) is 17.0 Å². The Morgan fingerprint density at radius 3 is 2.57 bits per heavy atom. The Labute approximate surface area is 173 Å². The van der Waals surface area contributed by atoms with E-state index < -0.39 is 5.82 Å². The third-order valence-electron chi connectivity index (χ3n) is 6.37. The molecule has 1 aliphatic heterocycles. The molecule has 0 radical (unpaired) electrons. The zero-order valence-electron chi connectivity index (χ0n) is 16.5. The van der Waals surface area contributed by atoms with Gasteiger partial charge in [-0.1, -0.05) is 36.4 Å². The van der Waals surface area contributed by atoms with Crippen LogP contribution in [0, 0.1) is 17.7 Å². The van der Waals surface area contributed by atoms with Crippen LogP contribution in [-0.2, 0) is 6.42 Å². The summed E-state index contributed by atoms with van der Waals surface area (Å²) in [4.78, 5) is 26.8. The summed E-state index contributed by atoms with van der Waals surface area (Å²) in [5.74, 6) is 0.131. The highest BCUT2D eigenvalue weighted by molar-refractivity contribution is 5.95. The Bertz CT molecular complexity index is 1220. The van der Waals surface area contributed by atoms with Crippen molar-refractivity contribution in [2.45, 2.75) is 19.3 Å². The summed E-state index contributed by atoms with van der Waals surface area (Å²) in [6, 6.07) is 11.9. The third kappa shape index (κ3) is 3.22. The highest BCUT2D eigenvalue weighted by Gasteiger charge is 2.40. The van der Waals surface area contributed by atoms with Gasteiger partial charge in [0.25, 0.3) is 11.5 Å². The summed E-state index contributed by atoms with van der Waals surface area (Å²) >= 11 is 0. The molecule has 2 atom stereocenters. The number of rotatable bonds is 3. The lowest BCUT2D eigenvalue weighted by Crippen LogP contribution is -2.30. The summed E-state index contributed by atoms with van der Waals surface area (Å²) in [6.07, 6.45) is 2.31. The largest absolute Gasteiger partial charge is 0.338 e. The van der Waals surface area contributed by atoms with Gasteiger partial charge < -0.3 is 4.90 Å². The van der Waals surface area contributed by atoms with Crippen molar-refractivity contribution in [3.63, 3.8) is 0 Å². The Balaban J connectivity index is 1.42. The van der Waals surface area contributed by atoms with E-state index in [4.69, 9.17) is 0 Å². The van der Waals surface area contributed by atoms with Gasteiger partial charge in [0.15, 0.2) is 0 Å². The van der Waals surface area contributed by atoms with Crippen LogP contribution in [0.2, 0.25) is 0 Å². The molecule has 0 unspecified atom stereocenters. The summed E-state index contributed by atoms with van der Waals surface area (Å²) in [7, 11) is 0. The second-order valence-corrected chi connectivity index (χ2v) is 8.42. The molecular weight excluding hydrogens is 381 g/mol. The van der Waals surface area contributed by atoms with Gasteiger partial charge in [-0.3, -0.25) is 9.59 Å². The lowest BCUT2D eigenvalue weighted by molar-refractivity contribution is 0.0777. The molecule has 0 bridgehead atoms. The van der Waals surface area contributed by atoms with Crippen LogP contribution in [0.3, 0.4) is 0 Å². The van der Waals surface area contributed by atoms with Crippen LogP contribution >= 0.6 is 0 Å². The van der Waals surface area contributed by atoms with Crippen LogP contribution < -0.4 is 5.56 Å². The fourth-order valence-corrected chi connectivity index (χ4v) is 4.91. The number of fused-ring (bicyclic) bond motifs is 2. The van der Waals surface area contributed by atoms with Crippen LogP contribution in [0.25, 0.3) is 10.8 Å². The van der Waals surface area contributed by atoms with Crippen molar-refractivity contribution in [2.24, 2.45) is 11.8 Å². The molecule has 2 fully saturated rings. The van der Waals surface area contributed by atoms with Gasteiger partial charge in [-0.15, -0.1) is 0 Å². The molecule has 1 amide bonds. The normalized spacial score (nSPS) is 20.7. The smallest absolute Gasteiger partial charge is 0.272 e. The Morgan fingerprint density at radius 2 is 1.83 bits per heavy atom. The number of hydrogen-bond donors (Lipinski definition) is 1. The molecule has 1 aliphatic carbocycles.